The average Bonchev–Trinajstić information content (AvgIpc) is 1.83. The number of aldehydes is 1. The summed E-state index contributed by atoms with van der Waals surface area (Å²) in [6.07, 6.45) is 0.676. The maximum atomic E-state index is 9.81. The van der Waals surface area contributed by atoms with Crippen molar-refractivity contribution in [2.75, 3.05) is 13.2 Å². The molecule has 0 amide bonds. The molecular weight excluding hydrogens is 104 g/mol. The van der Waals surface area contributed by atoms with Gasteiger partial charge in [-0.25, -0.2) is 0 Å². The highest BCUT2D eigenvalue weighted by Crippen LogP contribution is 1.87. The second-order valence-electron chi connectivity index (χ2n) is 1.46. The van der Waals surface area contributed by atoms with E-state index in [-0.39, 0.29) is 0 Å². The zero-order valence-corrected chi connectivity index (χ0v) is 4.96. The van der Waals surface area contributed by atoms with Gasteiger partial charge in [0.05, 0.1) is 6.61 Å². The third-order valence-electron chi connectivity index (χ3n) is 0.689. The summed E-state index contributed by atoms with van der Waals surface area (Å²) in [6, 6.07) is 0. The lowest BCUT2D eigenvalue weighted by Crippen LogP contribution is -2.06. The van der Waals surface area contributed by atoms with Gasteiger partial charge in [0.2, 0.25) is 0 Å². The maximum absolute atomic E-state index is 9.81. The topological polar surface area (TPSA) is 26.3 Å². The van der Waals surface area contributed by atoms with E-state index in [4.69, 9.17) is 11.7 Å². The van der Waals surface area contributed by atoms with Crippen molar-refractivity contribution in [3.05, 3.63) is 6.92 Å². The van der Waals surface area contributed by atoms with E-state index in [1.54, 1.807) is 0 Å². The molecule has 0 bridgehead atoms. The molecule has 1 atom stereocenters. The van der Waals surface area contributed by atoms with Gasteiger partial charge in [-0.1, -0.05) is 0 Å². The fourth-order valence-electron chi connectivity index (χ4n) is 0.293. The van der Waals surface area contributed by atoms with E-state index < -0.39 is 5.92 Å². The molecule has 0 spiro atoms. The van der Waals surface area contributed by atoms with Crippen molar-refractivity contribution in [2.45, 2.75) is 6.92 Å². The first-order chi connectivity index (χ1) is 3.81. The summed E-state index contributed by atoms with van der Waals surface area (Å²) >= 11 is 0. The number of ether oxygens (including phenoxy) is 1. The van der Waals surface area contributed by atoms with E-state index in [0.29, 0.717) is 19.5 Å². The van der Waals surface area contributed by atoms with Crippen molar-refractivity contribution in [3.63, 3.8) is 0 Å². The first-order valence-corrected chi connectivity index (χ1v) is 2.60. The van der Waals surface area contributed by atoms with Crippen molar-refractivity contribution in [1.29, 1.82) is 0 Å². The highest BCUT2D eigenvalue weighted by molar-refractivity contribution is 5.54. The predicted molar refractivity (Wildman–Crippen MR) is 30.3 cm³/mol. The van der Waals surface area contributed by atoms with Gasteiger partial charge in [-0.15, -0.1) is 0 Å². The van der Waals surface area contributed by atoms with Crippen LogP contribution in [0.1, 0.15) is 6.92 Å². The van der Waals surface area contributed by atoms with Crippen LogP contribution in [0.4, 0.5) is 0 Å². The number of carbonyl (C=O) groups excluding carboxylic acids is 1. The van der Waals surface area contributed by atoms with E-state index in [1.165, 1.54) is 0 Å². The average molecular weight is 114 g/mol. The molecule has 0 aromatic carbocycles. The fourth-order valence-corrected chi connectivity index (χ4v) is 0.293. The van der Waals surface area contributed by atoms with Crippen molar-refractivity contribution in [1.82, 2.24) is 0 Å². The number of hydrogen-bond acceptors (Lipinski definition) is 2. The van der Waals surface area contributed by atoms with Gasteiger partial charge in [0, 0.05) is 12.5 Å². The normalized spacial score (nSPS) is 13.2. The lowest BCUT2D eigenvalue weighted by Gasteiger charge is -2.00. The SMILES string of the molecule is [CH][C@H](C=O)COCC. The second-order valence-corrected chi connectivity index (χ2v) is 1.46. The molecule has 8 heavy (non-hydrogen) atoms. The summed E-state index contributed by atoms with van der Waals surface area (Å²) in [5, 5.41) is 0. The fraction of sp³-hybridized carbons (Fsp3) is 0.667. The molecular formula is C6H10O2. The first kappa shape index (κ1) is 7.63. The van der Waals surface area contributed by atoms with Crippen LogP contribution in [0.15, 0.2) is 0 Å². The molecule has 0 heterocycles. The van der Waals surface area contributed by atoms with Gasteiger partial charge >= 0.3 is 0 Å². The standard InChI is InChI=1S/C6H10O2/c1-3-8-5-6(2)4-7/h2,4,6H,3,5H2,1H3/t6-/m1/s1. The molecule has 0 aliphatic carbocycles. The maximum Gasteiger partial charge on any atom is 0.125 e. The Morgan fingerprint density at radius 3 is 2.88 bits per heavy atom. The monoisotopic (exact) mass is 114 g/mol. The lowest BCUT2D eigenvalue weighted by molar-refractivity contribution is -0.111. The molecule has 46 valence electrons. The molecule has 0 aromatic rings. The van der Waals surface area contributed by atoms with Gasteiger partial charge in [0.25, 0.3) is 0 Å². The number of carbonyl (C=O) groups is 1. The number of rotatable bonds is 4. The van der Waals surface area contributed by atoms with Crippen molar-refractivity contribution in [3.8, 4) is 0 Å². The Morgan fingerprint density at radius 1 is 1.88 bits per heavy atom. The summed E-state index contributed by atoms with van der Waals surface area (Å²) in [6.45, 7) is 7.97. The number of hydrogen-bond donors (Lipinski definition) is 0. The van der Waals surface area contributed by atoms with Crippen LogP contribution < -0.4 is 0 Å². The minimum Gasteiger partial charge on any atom is -0.381 e. The smallest absolute Gasteiger partial charge is 0.125 e. The summed E-state index contributed by atoms with van der Waals surface area (Å²) in [5.41, 5.74) is 0. The van der Waals surface area contributed by atoms with Gasteiger partial charge in [-0.2, -0.15) is 0 Å². The van der Waals surface area contributed by atoms with E-state index in [0.717, 1.165) is 0 Å². The Bertz CT molecular complexity index is 61.5. The van der Waals surface area contributed by atoms with Crippen molar-refractivity contribution >= 4 is 6.29 Å². The molecule has 2 radical (unpaired) electrons. The molecule has 0 N–H and O–H groups in total. The van der Waals surface area contributed by atoms with Crippen LogP contribution in [0.2, 0.25) is 0 Å². The van der Waals surface area contributed by atoms with Gasteiger partial charge in [0.1, 0.15) is 6.29 Å². The molecule has 0 unspecified atom stereocenters. The zero-order chi connectivity index (χ0) is 6.41. The van der Waals surface area contributed by atoms with E-state index in [2.05, 4.69) is 0 Å². The predicted octanol–water partition coefficient (Wildman–Crippen LogP) is 0.549. The van der Waals surface area contributed by atoms with E-state index in [1.807, 2.05) is 6.92 Å². The molecule has 0 aromatic heterocycles. The highest BCUT2D eigenvalue weighted by Gasteiger charge is 1.96. The van der Waals surface area contributed by atoms with Crippen LogP contribution in [-0.4, -0.2) is 19.5 Å². The Kier molecular flexibility index (Phi) is 4.56. The third kappa shape index (κ3) is 3.81. The lowest BCUT2D eigenvalue weighted by atomic mass is 10.2. The minimum absolute atomic E-state index is 0.333. The molecule has 2 heteroatoms. The van der Waals surface area contributed by atoms with Crippen LogP contribution >= 0.6 is 0 Å². The highest BCUT2D eigenvalue weighted by atomic mass is 16.5. The van der Waals surface area contributed by atoms with Gasteiger partial charge in [0.15, 0.2) is 0 Å². The van der Waals surface area contributed by atoms with Gasteiger partial charge < -0.3 is 9.53 Å². The summed E-state index contributed by atoms with van der Waals surface area (Å²) < 4.78 is 4.83. The molecule has 2 nitrogen and oxygen atoms in total. The molecule has 0 fully saturated rings. The van der Waals surface area contributed by atoms with Crippen LogP contribution in [-0.2, 0) is 9.53 Å². The Balaban J connectivity index is 2.98. The van der Waals surface area contributed by atoms with E-state index in [9.17, 15) is 4.79 Å². The molecule has 0 aliphatic heterocycles. The zero-order valence-electron chi connectivity index (χ0n) is 4.96. The van der Waals surface area contributed by atoms with Crippen molar-refractivity contribution in [2.24, 2.45) is 5.92 Å². The first-order valence-electron chi connectivity index (χ1n) is 2.60. The summed E-state index contributed by atoms with van der Waals surface area (Å²) in [4.78, 5) is 9.81. The van der Waals surface area contributed by atoms with Crippen LogP contribution in [0.5, 0.6) is 0 Å². The van der Waals surface area contributed by atoms with Crippen molar-refractivity contribution < 1.29 is 9.53 Å². The van der Waals surface area contributed by atoms with Crippen LogP contribution in [0.25, 0.3) is 0 Å². The van der Waals surface area contributed by atoms with Gasteiger partial charge in [-0.3, -0.25) is 0 Å². The molecule has 0 saturated carbocycles. The molecule has 0 rings (SSSR count). The Morgan fingerprint density at radius 2 is 2.50 bits per heavy atom. The van der Waals surface area contributed by atoms with Gasteiger partial charge in [-0.05, 0) is 13.8 Å². The third-order valence-corrected chi connectivity index (χ3v) is 0.689. The summed E-state index contributed by atoms with van der Waals surface area (Å²) in [5.74, 6) is -0.449. The molecule has 0 saturated heterocycles. The Hall–Kier alpha value is -0.370. The summed E-state index contributed by atoms with van der Waals surface area (Å²) in [7, 11) is 0. The quantitative estimate of drug-likeness (QED) is 0.499. The second kappa shape index (κ2) is 4.78. The van der Waals surface area contributed by atoms with Crippen LogP contribution in [0.3, 0.4) is 0 Å². The minimum atomic E-state index is -0.449. The molecule has 0 aliphatic rings. The Labute approximate surface area is 49.8 Å². The van der Waals surface area contributed by atoms with Crippen LogP contribution in [0, 0.1) is 12.8 Å². The largest absolute Gasteiger partial charge is 0.381 e. The van der Waals surface area contributed by atoms with E-state index >= 15 is 0 Å².